The summed E-state index contributed by atoms with van der Waals surface area (Å²) in [4.78, 5) is 38.6. The van der Waals surface area contributed by atoms with E-state index in [1.54, 1.807) is 19.1 Å². The van der Waals surface area contributed by atoms with Gasteiger partial charge in [-0.25, -0.2) is 9.18 Å². The number of amides is 4. The van der Waals surface area contributed by atoms with Crippen LogP contribution in [0.25, 0.3) is 0 Å². The standard InChI is InChI=1S/C23H26FN3O3/c1-22(2,3)16-7-9-17(10-8-16)23(4)20(29)27(21(30)26-23)14-19(28)25-13-15-5-11-18(24)12-6-15/h5-12H,13-14H2,1-4H3,(H,25,28)(H,26,30). The smallest absolute Gasteiger partial charge is 0.325 e. The Labute approximate surface area is 175 Å². The Bertz CT molecular complexity index is 965. The molecule has 2 N–H and O–H groups in total. The highest BCUT2D eigenvalue weighted by Crippen LogP contribution is 2.31. The van der Waals surface area contributed by atoms with Crippen LogP contribution >= 0.6 is 0 Å². The second kappa shape index (κ2) is 7.89. The zero-order valence-corrected chi connectivity index (χ0v) is 17.6. The summed E-state index contributed by atoms with van der Waals surface area (Å²) >= 11 is 0. The van der Waals surface area contributed by atoms with Gasteiger partial charge in [-0.15, -0.1) is 0 Å². The lowest BCUT2D eigenvalue weighted by atomic mass is 9.84. The van der Waals surface area contributed by atoms with Gasteiger partial charge in [0.15, 0.2) is 0 Å². The van der Waals surface area contributed by atoms with Crippen LogP contribution in [0.3, 0.4) is 0 Å². The fourth-order valence-corrected chi connectivity index (χ4v) is 3.34. The first-order valence-electron chi connectivity index (χ1n) is 9.77. The summed E-state index contributed by atoms with van der Waals surface area (Å²) < 4.78 is 13.0. The third-order valence-electron chi connectivity index (χ3n) is 5.31. The maximum atomic E-state index is 13.0. The SMILES string of the molecule is CC(C)(C)c1ccc(C2(C)NC(=O)N(CC(=O)NCc3ccc(F)cc3)C2=O)cc1. The van der Waals surface area contributed by atoms with Gasteiger partial charge in [0.25, 0.3) is 5.91 Å². The van der Waals surface area contributed by atoms with E-state index in [-0.39, 0.29) is 24.3 Å². The maximum absolute atomic E-state index is 13.0. The van der Waals surface area contributed by atoms with Gasteiger partial charge in [-0.1, -0.05) is 57.2 Å². The minimum Gasteiger partial charge on any atom is -0.350 e. The van der Waals surface area contributed by atoms with E-state index in [1.165, 1.54) is 12.1 Å². The van der Waals surface area contributed by atoms with Crippen LogP contribution in [0.15, 0.2) is 48.5 Å². The second-order valence-electron chi connectivity index (χ2n) is 8.68. The van der Waals surface area contributed by atoms with E-state index in [9.17, 15) is 18.8 Å². The van der Waals surface area contributed by atoms with Crippen molar-refractivity contribution in [2.75, 3.05) is 6.54 Å². The molecule has 7 heteroatoms. The highest BCUT2D eigenvalue weighted by molar-refractivity contribution is 6.09. The summed E-state index contributed by atoms with van der Waals surface area (Å²) in [6.45, 7) is 7.71. The first kappa shape index (κ1) is 21.5. The number of hydrogen-bond donors (Lipinski definition) is 2. The third-order valence-corrected chi connectivity index (χ3v) is 5.31. The molecule has 4 amide bonds. The molecule has 0 saturated carbocycles. The number of imide groups is 1. The van der Waals surface area contributed by atoms with E-state index in [4.69, 9.17) is 0 Å². The van der Waals surface area contributed by atoms with E-state index in [0.717, 1.165) is 10.5 Å². The Morgan fingerprint density at radius 3 is 2.23 bits per heavy atom. The molecule has 1 unspecified atom stereocenters. The first-order valence-corrected chi connectivity index (χ1v) is 9.77. The van der Waals surface area contributed by atoms with Crippen LogP contribution in [0.4, 0.5) is 9.18 Å². The number of carbonyl (C=O) groups is 3. The van der Waals surface area contributed by atoms with E-state index in [0.29, 0.717) is 11.1 Å². The van der Waals surface area contributed by atoms with Gasteiger partial charge in [0, 0.05) is 6.54 Å². The lowest BCUT2D eigenvalue weighted by Crippen LogP contribution is -2.43. The van der Waals surface area contributed by atoms with Gasteiger partial charge in [-0.3, -0.25) is 14.5 Å². The van der Waals surface area contributed by atoms with Crippen molar-refractivity contribution in [2.45, 2.75) is 45.2 Å². The zero-order valence-electron chi connectivity index (χ0n) is 17.6. The van der Waals surface area contributed by atoms with E-state index < -0.39 is 23.4 Å². The Kier molecular flexibility index (Phi) is 5.65. The minimum atomic E-state index is -1.23. The molecule has 1 aliphatic rings. The predicted molar refractivity (Wildman–Crippen MR) is 111 cm³/mol. The van der Waals surface area contributed by atoms with Crippen molar-refractivity contribution >= 4 is 17.8 Å². The number of carbonyl (C=O) groups excluding carboxylic acids is 3. The summed E-state index contributed by atoms with van der Waals surface area (Å²) in [5.74, 6) is -1.32. The van der Waals surface area contributed by atoms with Crippen molar-refractivity contribution in [1.82, 2.24) is 15.5 Å². The number of rotatable bonds is 5. The average molecular weight is 411 g/mol. The van der Waals surface area contributed by atoms with E-state index >= 15 is 0 Å². The molecule has 2 aromatic rings. The zero-order chi connectivity index (χ0) is 22.1. The highest BCUT2D eigenvalue weighted by Gasteiger charge is 2.49. The molecule has 1 heterocycles. The van der Waals surface area contributed by atoms with Gasteiger partial charge in [0.2, 0.25) is 5.91 Å². The molecule has 3 rings (SSSR count). The predicted octanol–water partition coefficient (Wildman–Crippen LogP) is 3.21. The van der Waals surface area contributed by atoms with Crippen LogP contribution < -0.4 is 10.6 Å². The fraction of sp³-hybridized carbons (Fsp3) is 0.348. The van der Waals surface area contributed by atoms with Gasteiger partial charge in [-0.05, 0) is 41.2 Å². The molecule has 1 saturated heterocycles. The van der Waals surface area contributed by atoms with E-state index in [1.807, 2.05) is 24.3 Å². The van der Waals surface area contributed by atoms with Crippen molar-refractivity contribution < 1.29 is 18.8 Å². The second-order valence-corrected chi connectivity index (χ2v) is 8.68. The largest absolute Gasteiger partial charge is 0.350 e. The molecule has 1 aliphatic heterocycles. The summed E-state index contributed by atoms with van der Waals surface area (Å²) in [6.07, 6.45) is 0. The number of benzene rings is 2. The van der Waals surface area contributed by atoms with Crippen LogP contribution in [-0.4, -0.2) is 29.3 Å². The minimum absolute atomic E-state index is 0.0307. The molecule has 1 fully saturated rings. The number of nitrogens with one attached hydrogen (secondary N) is 2. The quantitative estimate of drug-likeness (QED) is 0.742. The van der Waals surface area contributed by atoms with Crippen molar-refractivity contribution in [3.05, 3.63) is 71.0 Å². The van der Waals surface area contributed by atoms with Crippen molar-refractivity contribution in [3.8, 4) is 0 Å². The van der Waals surface area contributed by atoms with E-state index in [2.05, 4.69) is 31.4 Å². The average Bonchev–Trinajstić information content (AvgIpc) is 2.91. The lowest BCUT2D eigenvalue weighted by molar-refractivity contribution is -0.134. The topological polar surface area (TPSA) is 78.5 Å². The third kappa shape index (κ3) is 4.35. The number of hydrogen-bond acceptors (Lipinski definition) is 3. The number of urea groups is 1. The molecule has 0 bridgehead atoms. The Morgan fingerprint density at radius 1 is 1.07 bits per heavy atom. The molecule has 0 spiro atoms. The molecule has 0 radical (unpaired) electrons. The van der Waals surface area contributed by atoms with Gasteiger partial charge < -0.3 is 10.6 Å². The molecule has 158 valence electrons. The van der Waals surface area contributed by atoms with Crippen molar-refractivity contribution in [1.29, 1.82) is 0 Å². The van der Waals surface area contributed by atoms with Crippen molar-refractivity contribution in [3.63, 3.8) is 0 Å². The fourth-order valence-electron chi connectivity index (χ4n) is 3.34. The van der Waals surface area contributed by atoms with Gasteiger partial charge in [0.05, 0.1) is 0 Å². The summed E-state index contributed by atoms with van der Waals surface area (Å²) in [5, 5.41) is 5.35. The molecule has 0 aromatic heterocycles. The Morgan fingerprint density at radius 2 is 1.67 bits per heavy atom. The molecule has 2 aromatic carbocycles. The molecule has 6 nitrogen and oxygen atoms in total. The monoisotopic (exact) mass is 411 g/mol. The summed E-state index contributed by atoms with van der Waals surface area (Å²) in [6, 6.07) is 12.6. The van der Waals surface area contributed by atoms with Gasteiger partial charge in [0.1, 0.15) is 17.9 Å². The Balaban J connectivity index is 1.67. The Hall–Kier alpha value is -3.22. The molecule has 1 atom stereocenters. The van der Waals surface area contributed by atoms with Gasteiger partial charge in [-0.2, -0.15) is 0 Å². The normalized spacial score (nSPS) is 19.0. The van der Waals surface area contributed by atoms with Crippen LogP contribution in [0.2, 0.25) is 0 Å². The molecular formula is C23H26FN3O3. The first-order chi connectivity index (χ1) is 14.0. The summed E-state index contributed by atoms with van der Waals surface area (Å²) in [5.41, 5.74) is 1.22. The van der Waals surface area contributed by atoms with Crippen LogP contribution in [-0.2, 0) is 27.1 Å². The van der Waals surface area contributed by atoms with Crippen LogP contribution in [0.5, 0.6) is 0 Å². The highest BCUT2D eigenvalue weighted by atomic mass is 19.1. The van der Waals surface area contributed by atoms with Crippen molar-refractivity contribution in [2.24, 2.45) is 0 Å². The molecular weight excluding hydrogens is 385 g/mol. The van der Waals surface area contributed by atoms with Gasteiger partial charge >= 0.3 is 6.03 Å². The number of nitrogens with zero attached hydrogens (tertiary/aromatic N) is 1. The van der Waals surface area contributed by atoms with Crippen LogP contribution in [0.1, 0.15) is 44.4 Å². The lowest BCUT2D eigenvalue weighted by Gasteiger charge is -2.24. The van der Waals surface area contributed by atoms with Crippen LogP contribution in [0, 0.1) is 5.82 Å². The molecule has 30 heavy (non-hydrogen) atoms. The number of halogens is 1. The molecule has 0 aliphatic carbocycles. The maximum Gasteiger partial charge on any atom is 0.325 e. The summed E-state index contributed by atoms with van der Waals surface area (Å²) in [7, 11) is 0.